The first-order valence-corrected chi connectivity index (χ1v) is 3.70. The molecule has 0 bridgehead atoms. The average molecular weight is 214 g/mol. The summed E-state index contributed by atoms with van der Waals surface area (Å²) in [5.74, 6) is -0.142. The number of hydroxylamine groups is 1. The van der Waals surface area contributed by atoms with Gasteiger partial charge < -0.3 is 10.5 Å². The van der Waals surface area contributed by atoms with Crippen molar-refractivity contribution in [3.8, 4) is 0 Å². The van der Waals surface area contributed by atoms with Crippen molar-refractivity contribution in [2.24, 2.45) is 0 Å². The van der Waals surface area contributed by atoms with Gasteiger partial charge in [0, 0.05) is 5.69 Å². The minimum Gasteiger partial charge on any atom is -0.328 e. The lowest BCUT2D eigenvalue weighted by Crippen LogP contribution is -2.25. The molecule has 0 atom stereocenters. The number of anilines is 1. The molecule has 0 spiro atoms. The largest absolute Gasteiger partial charge is 0.328 e. The maximum absolute atomic E-state index is 8.36. The van der Waals surface area contributed by atoms with Crippen LogP contribution < -0.4 is 10.8 Å². The van der Waals surface area contributed by atoms with Crippen LogP contribution in [0.2, 0.25) is 0 Å². The molecule has 0 unspecified atom stereocenters. The second kappa shape index (κ2) is 7.09. The summed E-state index contributed by atoms with van der Waals surface area (Å²) in [5.41, 5.74) is 2.45. The molecule has 8 nitrogen and oxygen atoms in total. The number of nitrogens with one attached hydrogen (secondary N) is 3. The lowest BCUT2D eigenvalue weighted by molar-refractivity contribution is -0.742. The second-order valence-corrected chi connectivity index (χ2v) is 2.22. The predicted octanol–water partition coefficient (Wildman–Crippen LogP) is 0.664. The molecular formula is C7H10N4O4. The van der Waals surface area contributed by atoms with Crippen LogP contribution in [-0.2, 0) is 0 Å². The van der Waals surface area contributed by atoms with Gasteiger partial charge in [-0.2, -0.15) is 0 Å². The molecule has 5 N–H and O–H groups in total. The molecular weight excluding hydrogens is 204 g/mol. The molecule has 0 aliphatic rings. The van der Waals surface area contributed by atoms with Crippen LogP contribution in [0, 0.1) is 15.5 Å². The minimum atomic E-state index is -1.50. The molecule has 0 aliphatic carbocycles. The Balaban J connectivity index is 0.000000423. The Morgan fingerprint density at radius 1 is 1.40 bits per heavy atom. The van der Waals surface area contributed by atoms with Crippen molar-refractivity contribution in [3.63, 3.8) is 0 Å². The van der Waals surface area contributed by atoms with Crippen molar-refractivity contribution >= 4 is 11.6 Å². The van der Waals surface area contributed by atoms with Crippen molar-refractivity contribution in [1.29, 1.82) is 5.41 Å². The van der Waals surface area contributed by atoms with Crippen LogP contribution in [0.3, 0.4) is 0 Å². The van der Waals surface area contributed by atoms with Crippen LogP contribution >= 0.6 is 0 Å². The zero-order valence-electron chi connectivity index (χ0n) is 7.54. The first-order valence-electron chi connectivity index (χ1n) is 3.70. The van der Waals surface area contributed by atoms with E-state index in [4.69, 9.17) is 25.9 Å². The molecule has 82 valence electrons. The summed E-state index contributed by atoms with van der Waals surface area (Å²) in [6.07, 6.45) is 0. The fourth-order valence-corrected chi connectivity index (χ4v) is 0.694. The molecule has 0 radical (unpaired) electrons. The fraction of sp³-hybridized carbons (Fsp3) is 0. The van der Waals surface area contributed by atoms with Crippen LogP contribution in [0.15, 0.2) is 30.3 Å². The normalized spacial score (nSPS) is 8.07. The Hall–Kier alpha value is -2.35. The van der Waals surface area contributed by atoms with E-state index < -0.39 is 5.09 Å². The van der Waals surface area contributed by atoms with Crippen molar-refractivity contribution in [3.05, 3.63) is 40.4 Å². The maximum atomic E-state index is 8.36. The highest BCUT2D eigenvalue weighted by molar-refractivity contribution is 5.90. The molecule has 0 saturated heterocycles. The lowest BCUT2D eigenvalue weighted by atomic mass is 10.3. The van der Waals surface area contributed by atoms with Gasteiger partial charge in [-0.3, -0.25) is 10.6 Å². The topological polar surface area (TPSA) is 132 Å². The molecule has 0 saturated carbocycles. The molecule has 0 aliphatic heterocycles. The van der Waals surface area contributed by atoms with E-state index in [1.54, 1.807) is 17.6 Å². The van der Waals surface area contributed by atoms with E-state index in [2.05, 4.69) is 5.32 Å². The van der Waals surface area contributed by atoms with Crippen molar-refractivity contribution in [2.75, 3.05) is 5.32 Å². The third-order valence-electron chi connectivity index (χ3n) is 1.15. The summed E-state index contributed by atoms with van der Waals surface area (Å²) >= 11 is 0. The number of hydrogen-bond donors (Lipinski definition) is 5. The van der Waals surface area contributed by atoms with E-state index in [-0.39, 0.29) is 5.96 Å². The third-order valence-corrected chi connectivity index (χ3v) is 1.15. The zero-order valence-corrected chi connectivity index (χ0v) is 7.54. The number of para-hydroxylation sites is 1. The monoisotopic (exact) mass is 214 g/mol. The summed E-state index contributed by atoms with van der Waals surface area (Å²) in [7, 11) is 0. The molecule has 1 aromatic rings. The Morgan fingerprint density at radius 3 is 2.27 bits per heavy atom. The molecule has 15 heavy (non-hydrogen) atoms. The molecule has 0 fully saturated rings. The summed E-state index contributed by atoms with van der Waals surface area (Å²) < 4.78 is 0. The Morgan fingerprint density at radius 2 is 1.87 bits per heavy atom. The highest BCUT2D eigenvalue weighted by Crippen LogP contribution is 2.03. The zero-order chi connectivity index (χ0) is 11.7. The van der Waals surface area contributed by atoms with Crippen molar-refractivity contribution in [1.82, 2.24) is 5.48 Å². The van der Waals surface area contributed by atoms with Gasteiger partial charge in [0.05, 0.1) is 0 Å². The van der Waals surface area contributed by atoms with Gasteiger partial charge in [-0.1, -0.05) is 18.2 Å². The highest BCUT2D eigenvalue weighted by atomic mass is 16.9. The van der Waals surface area contributed by atoms with E-state index in [1.165, 1.54) is 0 Å². The van der Waals surface area contributed by atoms with Crippen LogP contribution in [0.1, 0.15) is 0 Å². The van der Waals surface area contributed by atoms with Gasteiger partial charge in [-0.15, -0.1) is 10.1 Å². The SMILES string of the molecule is N=C(NO)Nc1ccccc1.O=[N+]([O-])O. The number of rotatable bonds is 1. The molecule has 1 aromatic carbocycles. The molecule has 0 amide bonds. The number of hydrogen-bond acceptors (Lipinski definition) is 4. The van der Waals surface area contributed by atoms with Gasteiger partial charge >= 0.3 is 0 Å². The minimum absolute atomic E-state index is 0.142. The standard InChI is InChI=1S/C7H9N3O.HNO3/c8-7(10-11)9-6-4-2-1-3-5-6;2-1(3)4/h1-5,11H,(H3,8,9,10);(H,2,3,4). The Kier molecular flexibility index (Phi) is 5.98. The van der Waals surface area contributed by atoms with E-state index >= 15 is 0 Å². The van der Waals surface area contributed by atoms with Gasteiger partial charge in [0.2, 0.25) is 5.96 Å². The van der Waals surface area contributed by atoms with Gasteiger partial charge in [-0.25, -0.2) is 5.48 Å². The van der Waals surface area contributed by atoms with Crippen LogP contribution in [-0.4, -0.2) is 21.5 Å². The highest BCUT2D eigenvalue weighted by Gasteiger charge is 1.91. The molecule has 1 rings (SSSR count). The van der Waals surface area contributed by atoms with Crippen LogP contribution in [0.4, 0.5) is 5.69 Å². The number of guanidine groups is 1. The number of nitrogens with zero attached hydrogens (tertiary/aromatic N) is 1. The molecule has 0 heterocycles. The van der Waals surface area contributed by atoms with Crippen LogP contribution in [0.25, 0.3) is 0 Å². The smallest absolute Gasteiger partial charge is 0.291 e. The van der Waals surface area contributed by atoms with E-state index in [0.29, 0.717) is 0 Å². The molecule has 8 heteroatoms. The van der Waals surface area contributed by atoms with Gasteiger partial charge in [0.25, 0.3) is 5.09 Å². The Labute approximate surface area is 84.7 Å². The second-order valence-electron chi connectivity index (χ2n) is 2.22. The van der Waals surface area contributed by atoms with E-state index in [9.17, 15) is 0 Å². The Bertz CT molecular complexity index is 312. The van der Waals surface area contributed by atoms with Gasteiger partial charge in [-0.05, 0) is 12.1 Å². The predicted molar refractivity (Wildman–Crippen MR) is 51.5 cm³/mol. The van der Waals surface area contributed by atoms with Crippen LogP contribution in [0.5, 0.6) is 0 Å². The summed E-state index contributed by atoms with van der Waals surface area (Å²) in [6, 6.07) is 9.15. The number of benzene rings is 1. The fourth-order valence-electron chi connectivity index (χ4n) is 0.694. The third kappa shape index (κ3) is 7.99. The quantitative estimate of drug-likeness (QED) is 0.202. The summed E-state index contributed by atoms with van der Waals surface area (Å²) in [5, 5.41) is 31.5. The van der Waals surface area contributed by atoms with E-state index in [1.807, 2.05) is 18.2 Å². The lowest BCUT2D eigenvalue weighted by Gasteiger charge is -2.04. The first-order chi connectivity index (χ1) is 7.06. The summed E-state index contributed by atoms with van der Waals surface area (Å²) in [6.45, 7) is 0. The average Bonchev–Trinajstić information content (AvgIpc) is 2.18. The summed E-state index contributed by atoms with van der Waals surface area (Å²) in [4.78, 5) is 8.36. The first kappa shape index (κ1) is 12.7. The van der Waals surface area contributed by atoms with Crippen molar-refractivity contribution in [2.45, 2.75) is 0 Å². The maximum Gasteiger partial charge on any atom is 0.291 e. The van der Waals surface area contributed by atoms with Crippen molar-refractivity contribution < 1.29 is 15.5 Å². The van der Waals surface area contributed by atoms with Gasteiger partial charge in [0.1, 0.15) is 0 Å². The van der Waals surface area contributed by atoms with Gasteiger partial charge in [0.15, 0.2) is 0 Å². The molecule has 0 aromatic heterocycles. The van der Waals surface area contributed by atoms with E-state index in [0.717, 1.165) is 5.69 Å².